The zero-order valence-corrected chi connectivity index (χ0v) is 16.3. The van der Waals surface area contributed by atoms with Crippen molar-refractivity contribution in [2.24, 2.45) is 5.92 Å². The molecule has 1 N–H and O–H groups in total. The summed E-state index contributed by atoms with van der Waals surface area (Å²) < 4.78 is 6.01. The average Bonchev–Trinajstić information content (AvgIpc) is 2.69. The molecule has 0 aromatic heterocycles. The van der Waals surface area contributed by atoms with E-state index in [1.165, 1.54) is 0 Å². The van der Waals surface area contributed by atoms with Gasteiger partial charge in [0.2, 0.25) is 5.91 Å². The van der Waals surface area contributed by atoms with Crippen LogP contribution in [0.25, 0.3) is 6.08 Å². The third-order valence-corrected chi connectivity index (χ3v) is 5.53. The van der Waals surface area contributed by atoms with Gasteiger partial charge < -0.3 is 15.0 Å². The lowest BCUT2D eigenvalue weighted by Gasteiger charge is -2.40. The third kappa shape index (κ3) is 4.71. The number of carbonyl (C=O) groups is 2. The Morgan fingerprint density at radius 1 is 1.26 bits per heavy atom. The molecule has 1 saturated carbocycles. The Bertz CT molecular complexity index is 686. The lowest BCUT2D eigenvalue weighted by Crippen LogP contribution is -2.55. The second kappa shape index (κ2) is 9.07. The number of hydrogen-bond acceptors (Lipinski definition) is 3. The first-order valence-electron chi connectivity index (χ1n) is 10.2. The molecule has 2 aliphatic rings. The monoisotopic (exact) mass is 370 g/mol. The normalized spacial score (nSPS) is 26.1. The molecule has 1 aromatic carbocycles. The lowest BCUT2D eigenvalue weighted by atomic mass is 9.82. The van der Waals surface area contributed by atoms with Gasteiger partial charge >= 0.3 is 0 Å². The highest BCUT2D eigenvalue weighted by atomic mass is 16.5. The van der Waals surface area contributed by atoms with Crippen molar-refractivity contribution >= 4 is 17.9 Å². The first-order chi connectivity index (χ1) is 13.1. The summed E-state index contributed by atoms with van der Waals surface area (Å²) in [7, 11) is 0. The molecule has 0 radical (unpaired) electrons. The number of carbonyl (C=O) groups excluding carboxylic acids is 2. The fourth-order valence-corrected chi connectivity index (χ4v) is 3.95. The standard InChI is InChI=1S/C22H30N2O3/c1-3-5-13-24(4-2)22(26)17-11-12-19-18(15-17)23-21(25)20(27-19)14-16-9-7-6-8-10-16/h6-10,14,17-19H,3-5,11-13,15H2,1-2H3,(H,23,25)/b20-14+. The van der Waals surface area contributed by atoms with E-state index in [9.17, 15) is 9.59 Å². The van der Waals surface area contributed by atoms with Gasteiger partial charge in [0.25, 0.3) is 5.91 Å². The third-order valence-electron chi connectivity index (χ3n) is 5.53. The maximum Gasteiger partial charge on any atom is 0.286 e. The summed E-state index contributed by atoms with van der Waals surface area (Å²) in [6.45, 7) is 5.74. The number of ether oxygens (including phenoxy) is 1. The molecule has 5 heteroatoms. The van der Waals surface area contributed by atoms with E-state index in [4.69, 9.17) is 4.74 Å². The molecule has 1 saturated heterocycles. The van der Waals surface area contributed by atoms with Crippen molar-refractivity contribution in [1.82, 2.24) is 10.2 Å². The fourth-order valence-electron chi connectivity index (χ4n) is 3.95. The van der Waals surface area contributed by atoms with Gasteiger partial charge in [-0.05, 0) is 44.2 Å². The molecular weight excluding hydrogens is 340 g/mol. The van der Waals surface area contributed by atoms with Gasteiger partial charge in [0.15, 0.2) is 5.76 Å². The fraction of sp³-hybridized carbons (Fsp3) is 0.545. The number of rotatable bonds is 6. The van der Waals surface area contributed by atoms with E-state index in [1.807, 2.05) is 42.2 Å². The molecule has 27 heavy (non-hydrogen) atoms. The SMILES string of the molecule is CCCCN(CC)C(=O)C1CCC2O/C(=C/c3ccccc3)C(=O)NC2C1. The highest BCUT2D eigenvalue weighted by Crippen LogP contribution is 2.32. The molecule has 3 unspecified atom stereocenters. The first kappa shape index (κ1) is 19.5. The van der Waals surface area contributed by atoms with Gasteiger partial charge in [0, 0.05) is 19.0 Å². The summed E-state index contributed by atoms with van der Waals surface area (Å²) in [5.41, 5.74) is 0.944. The number of amides is 2. The molecule has 5 nitrogen and oxygen atoms in total. The average molecular weight is 370 g/mol. The predicted molar refractivity (Wildman–Crippen MR) is 106 cm³/mol. The molecule has 3 atom stereocenters. The Kier molecular flexibility index (Phi) is 6.54. The van der Waals surface area contributed by atoms with E-state index in [0.717, 1.165) is 44.3 Å². The number of morpholine rings is 1. The van der Waals surface area contributed by atoms with Gasteiger partial charge in [0.1, 0.15) is 6.10 Å². The minimum Gasteiger partial charge on any atom is -0.483 e. The van der Waals surface area contributed by atoms with Crippen molar-refractivity contribution < 1.29 is 14.3 Å². The van der Waals surface area contributed by atoms with Crippen LogP contribution in [0.1, 0.15) is 51.5 Å². The number of hydrogen-bond donors (Lipinski definition) is 1. The predicted octanol–water partition coefficient (Wildman–Crippen LogP) is 3.36. The van der Waals surface area contributed by atoms with Crippen molar-refractivity contribution in [2.75, 3.05) is 13.1 Å². The topological polar surface area (TPSA) is 58.6 Å². The number of unbranched alkanes of at least 4 members (excludes halogenated alkanes) is 1. The van der Waals surface area contributed by atoms with Crippen molar-refractivity contribution in [3.8, 4) is 0 Å². The Morgan fingerprint density at radius 3 is 2.74 bits per heavy atom. The maximum absolute atomic E-state index is 12.9. The Hall–Kier alpha value is -2.30. The largest absolute Gasteiger partial charge is 0.483 e. The zero-order chi connectivity index (χ0) is 19.2. The quantitative estimate of drug-likeness (QED) is 0.781. The molecule has 146 valence electrons. The van der Waals surface area contributed by atoms with Gasteiger partial charge in [-0.25, -0.2) is 0 Å². The molecule has 1 aliphatic carbocycles. The summed E-state index contributed by atoms with van der Waals surface area (Å²) in [5.74, 6) is 0.382. The highest BCUT2D eigenvalue weighted by Gasteiger charge is 2.41. The Morgan fingerprint density at radius 2 is 2.04 bits per heavy atom. The molecular formula is C22H30N2O3. The second-order valence-electron chi connectivity index (χ2n) is 7.44. The van der Waals surface area contributed by atoms with Crippen LogP contribution in [0.15, 0.2) is 36.1 Å². The van der Waals surface area contributed by atoms with Crippen LogP contribution in [-0.4, -0.2) is 41.9 Å². The molecule has 1 aliphatic heterocycles. The van der Waals surface area contributed by atoms with Crippen LogP contribution < -0.4 is 5.32 Å². The van der Waals surface area contributed by atoms with Crippen LogP contribution in [0.4, 0.5) is 0 Å². The van der Waals surface area contributed by atoms with Crippen LogP contribution in [0, 0.1) is 5.92 Å². The van der Waals surface area contributed by atoms with Crippen LogP contribution in [0.5, 0.6) is 0 Å². The molecule has 1 aromatic rings. The van der Waals surface area contributed by atoms with Gasteiger partial charge in [-0.3, -0.25) is 9.59 Å². The first-order valence-corrected chi connectivity index (χ1v) is 10.2. The summed E-state index contributed by atoms with van der Waals surface area (Å²) in [4.78, 5) is 27.3. The molecule has 0 spiro atoms. The van der Waals surface area contributed by atoms with Crippen molar-refractivity contribution in [3.05, 3.63) is 41.7 Å². The summed E-state index contributed by atoms with van der Waals surface area (Å²) >= 11 is 0. The van der Waals surface area contributed by atoms with Crippen LogP contribution in [0.2, 0.25) is 0 Å². The van der Waals surface area contributed by atoms with Crippen LogP contribution in [0.3, 0.4) is 0 Å². The number of benzene rings is 1. The Balaban J connectivity index is 1.63. The van der Waals surface area contributed by atoms with E-state index < -0.39 is 0 Å². The number of fused-ring (bicyclic) bond motifs is 1. The zero-order valence-electron chi connectivity index (χ0n) is 16.3. The molecule has 0 bridgehead atoms. The van der Waals surface area contributed by atoms with E-state index in [1.54, 1.807) is 6.08 Å². The van der Waals surface area contributed by atoms with Gasteiger partial charge in [-0.2, -0.15) is 0 Å². The van der Waals surface area contributed by atoms with Crippen LogP contribution in [-0.2, 0) is 14.3 Å². The van der Waals surface area contributed by atoms with Crippen molar-refractivity contribution in [2.45, 2.75) is 58.1 Å². The lowest BCUT2D eigenvalue weighted by molar-refractivity contribution is -0.141. The highest BCUT2D eigenvalue weighted by molar-refractivity contribution is 5.96. The van der Waals surface area contributed by atoms with E-state index in [-0.39, 0.29) is 29.9 Å². The summed E-state index contributed by atoms with van der Waals surface area (Å²) in [5, 5.41) is 3.07. The summed E-state index contributed by atoms with van der Waals surface area (Å²) in [6, 6.07) is 9.62. The molecule has 2 amide bonds. The van der Waals surface area contributed by atoms with Gasteiger partial charge in [-0.15, -0.1) is 0 Å². The van der Waals surface area contributed by atoms with E-state index >= 15 is 0 Å². The second-order valence-corrected chi connectivity index (χ2v) is 7.44. The molecule has 2 fully saturated rings. The number of nitrogens with zero attached hydrogens (tertiary/aromatic N) is 1. The van der Waals surface area contributed by atoms with E-state index in [2.05, 4.69) is 12.2 Å². The van der Waals surface area contributed by atoms with E-state index in [0.29, 0.717) is 12.2 Å². The minimum absolute atomic E-state index is 0.0217. The molecule has 1 heterocycles. The molecule has 3 rings (SSSR count). The van der Waals surface area contributed by atoms with Crippen molar-refractivity contribution in [1.29, 1.82) is 0 Å². The Labute approximate surface area is 161 Å². The van der Waals surface area contributed by atoms with Gasteiger partial charge in [0.05, 0.1) is 6.04 Å². The maximum atomic E-state index is 12.9. The summed E-state index contributed by atoms with van der Waals surface area (Å²) in [6.07, 6.45) is 6.12. The number of nitrogens with one attached hydrogen (secondary N) is 1. The van der Waals surface area contributed by atoms with Crippen LogP contribution >= 0.6 is 0 Å². The minimum atomic E-state index is -0.188. The smallest absolute Gasteiger partial charge is 0.286 e. The van der Waals surface area contributed by atoms with Crippen molar-refractivity contribution in [3.63, 3.8) is 0 Å². The van der Waals surface area contributed by atoms with Gasteiger partial charge in [-0.1, -0.05) is 43.7 Å².